The molecule has 1 aromatic carbocycles. The number of rotatable bonds is 2. The highest BCUT2D eigenvalue weighted by atomic mass is 35.5. The lowest BCUT2D eigenvalue weighted by Gasteiger charge is -2.27. The summed E-state index contributed by atoms with van der Waals surface area (Å²) in [5.74, 6) is 0.392. The van der Waals surface area contributed by atoms with E-state index in [9.17, 15) is 8.42 Å². The van der Waals surface area contributed by atoms with Crippen molar-refractivity contribution in [3.05, 3.63) is 45.8 Å². The number of nitrogens with two attached hydrogens (primary N) is 1. The van der Waals surface area contributed by atoms with E-state index in [1.807, 2.05) is 0 Å². The summed E-state index contributed by atoms with van der Waals surface area (Å²) in [6, 6.07) is 4.36. The predicted molar refractivity (Wildman–Crippen MR) is 84.2 cm³/mol. The molecule has 1 aliphatic heterocycles. The molecular formula is C13H12Cl2N4O2S. The third kappa shape index (κ3) is 2.65. The average Bonchev–Trinajstić information content (AvgIpc) is 2.49. The minimum absolute atomic E-state index is 0.00727. The molecule has 1 aromatic heterocycles. The summed E-state index contributed by atoms with van der Waals surface area (Å²) in [5, 5.41) is 0.448. The van der Waals surface area contributed by atoms with Crippen molar-refractivity contribution in [2.24, 2.45) is 0 Å². The van der Waals surface area contributed by atoms with Crippen LogP contribution >= 0.6 is 23.2 Å². The Bertz CT molecular complexity index is 842. The summed E-state index contributed by atoms with van der Waals surface area (Å²) in [5.41, 5.74) is 7.20. The van der Waals surface area contributed by atoms with Crippen molar-refractivity contribution in [2.45, 2.75) is 17.9 Å². The second-order valence-corrected chi connectivity index (χ2v) is 7.60. The summed E-state index contributed by atoms with van der Waals surface area (Å²) in [4.78, 5) is 8.04. The van der Waals surface area contributed by atoms with Gasteiger partial charge in [0.1, 0.15) is 17.0 Å². The molecule has 0 fully saturated rings. The maximum absolute atomic E-state index is 12.8. The molecule has 0 aliphatic carbocycles. The summed E-state index contributed by atoms with van der Waals surface area (Å²) in [6.07, 6.45) is 1.79. The van der Waals surface area contributed by atoms with Crippen molar-refractivity contribution in [1.82, 2.24) is 14.3 Å². The minimum atomic E-state index is -3.76. The third-order valence-electron chi connectivity index (χ3n) is 3.52. The number of sulfonamides is 1. The molecule has 0 spiro atoms. The fourth-order valence-corrected chi connectivity index (χ4v) is 4.51. The van der Waals surface area contributed by atoms with Crippen LogP contribution in [0.3, 0.4) is 0 Å². The Kier molecular flexibility index (Phi) is 3.98. The molecule has 0 radical (unpaired) electrons. The Morgan fingerprint density at radius 3 is 2.77 bits per heavy atom. The van der Waals surface area contributed by atoms with Crippen LogP contribution in [0.25, 0.3) is 0 Å². The Morgan fingerprint density at radius 1 is 1.23 bits per heavy atom. The highest BCUT2D eigenvalue weighted by molar-refractivity contribution is 7.89. The lowest BCUT2D eigenvalue weighted by Crippen LogP contribution is -2.37. The number of halogens is 2. The number of hydrogen-bond acceptors (Lipinski definition) is 5. The van der Waals surface area contributed by atoms with Gasteiger partial charge in [-0.2, -0.15) is 4.31 Å². The Labute approximate surface area is 137 Å². The minimum Gasteiger partial charge on any atom is -0.383 e. The topological polar surface area (TPSA) is 89.2 Å². The first kappa shape index (κ1) is 15.5. The van der Waals surface area contributed by atoms with Gasteiger partial charge in [-0.1, -0.05) is 23.2 Å². The number of nitrogens with zero attached hydrogens (tertiary/aromatic N) is 3. The molecule has 6 nitrogen and oxygen atoms in total. The van der Waals surface area contributed by atoms with E-state index in [-0.39, 0.29) is 23.0 Å². The smallest absolute Gasteiger partial charge is 0.244 e. The zero-order valence-electron chi connectivity index (χ0n) is 11.3. The Morgan fingerprint density at radius 2 is 2.00 bits per heavy atom. The molecule has 2 N–H and O–H groups in total. The van der Waals surface area contributed by atoms with Crippen LogP contribution in [-0.2, 0) is 23.0 Å². The van der Waals surface area contributed by atoms with Gasteiger partial charge in [0.05, 0.1) is 17.3 Å². The highest BCUT2D eigenvalue weighted by Crippen LogP contribution is 2.31. The Balaban J connectivity index is 2.00. The summed E-state index contributed by atoms with van der Waals surface area (Å²) >= 11 is 11.9. The van der Waals surface area contributed by atoms with E-state index in [0.29, 0.717) is 23.0 Å². The first-order valence-electron chi connectivity index (χ1n) is 6.43. The molecule has 0 bridgehead atoms. The van der Waals surface area contributed by atoms with Gasteiger partial charge in [0.25, 0.3) is 0 Å². The predicted octanol–water partition coefficient (Wildman–Crippen LogP) is 2.11. The molecule has 2 heterocycles. The van der Waals surface area contributed by atoms with Crippen LogP contribution in [0.4, 0.5) is 5.82 Å². The molecule has 0 saturated heterocycles. The molecule has 0 unspecified atom stereocenters. The van der Waals surface area contributed by atoms with E-state index in [1.54, 1.807) is 6.07 Å². The van der Waals surface area contributed by atoms with Crippen LogP contribution in [0.5, 0.6) is 0 Å². The first-order valence-corrected chi connectivity index (χ1v) is 8.62. The third-order valence-corrected chi connectivity index (χ3v) is 6.08. The average molecular weight is 359 g/mol. The fraction of sp³-hybridized carbons (Fsp3) is 0.231. The van der Waals surface area contributed by atoms with Crippen LogP contribution in [0.2, 0.25) is 10.0 Å². The van der Waals surface area contributed by atoms with E-state index < -0.39 is 10.0 Å². The van der Waals surface area contributed by atoms with Crippen LogP contribution in [-0.4, -0.2) is 29.2 Å². The molecule has 2 aromatic rings. The number of aromatic nitrogens is 2. The van der Waals surface area contributed by atoms with Gasteiger partial charge in [-0.15, -0.1) is 0 Å². The number of anilines is 1. The van der Waals surface area contributed by atoms with Gasteiger partial charge in [-0.3, -0.25) is 0 Å². The summed E-state index contributed by atoms with van der Waals surface area (Å²) in [6.45, 7) is 0.420. The lowest BCUT2D eigenvalue weighted by molar-refractivity contribution is 0.385. The quantitative estimate of drug-likeness (QED) is 0.887. The molecule has 1 aliphatic rings. The highest BCUT2D eigenvalue weighted by Gasteiger charge is 2.31. The number of hydrogen-bond donors (Lipinski definition) is 1. The van der Waals surface area contributed by atoms with Gasteiger partial charge in [0.15, 0.2) is 0 Å². The van der Waals surface area contributed by atoms with Gasteiger partial charge in [-0.05, 0) is 24.6 Å². The van der Waals surface area contributed by atoms with Crippen molar-refractivity contribution in [3.8, 4) is 0 Å². The van der Waals surface area contributed by atoms with Gasteiger partial charge in [0, 0.05) is 17.1 Å². The number of fused-ring (bicyclic) bond motifs is 1. The van der Waals surface area contributed by atoms with Crippen LogP contribution in [0.15, 0.2) is 29.4 Å². The van der Waals surface area contributed by atoms with Crippen molar-refractivity contribution >= 4 is 39.0 Å². The van der Waals surface area contributed by atoms with E-state index in [1.165, 1.54) is 22.8 Å². The maximum Gasteiger partial charge on any atom is 0.244 e. The molecule has 3 rings (SSSR count). The fourth-order valence-electron chi connectivity index (χ4n) is 2.37. The van der Waals surface area contributed by atoms with Crippen LogP contribution in [0.1, 0.15) is 11.3 Å². The van der Waals surface area contributed by atoms with Gasteiger partial charge in [0.2, 0.25) is 10.0 Å². The van der Waals surface area contributed by atoms with E-state index in [0.717, 1.165) is 5.56 Å². The van der Waals surface area contributed by atoms with Crippen molar-refractivity contribution in [2.75, 3.05) is 12.3 Å². The van der Waals surface area contributed by atoms with Crippen LogP contribution < -0.4 is 5.73 Å². The second-order valence-electron chi connectivity index (χ2n) is 4.85. The zero-order chi connectivity index (χ0) is 15.9. The standard InChI is InChI=1S/C13H12Cl2N4O2S/c14-8-1-2-10(15)12(5-8)22(20,21)19-4-3-9-11(6-19)17-7-18-13(9)16/h1-2,5,7H,3-4,6H2,(H2,16,17,18). The first-order chi connectivity index (χ1) is 10.4. The van der Waals surface area contributed by atoms with E-state index in [4.69, 9.17) is 28.9 Å². The normalized spacial score (nSPS) is 15.5. The SMILES string of the molecule is Nc1ncnc2c1CCN(S(=O)(=O)c1cc(Cl)ccc1Cl)C2. The van der Waals surface area contributed by atoms with E-state index in [2.05, 4.69) is 9.97 Å². The summed E-state index contributed by atoms with van der Waals surface area (Å²) < 4.78 is 26.8. The Hall–Kier alpha value is -1.41. The van der Waals surface area contributed by atoms with Crippen molar-refractivity contribution < 1.29 is 8.42 Å². The molecule has 0 atom stereocenters. The molecule has 0 amide bonds. The van der Waals surface area contributed by atoms with E-state index >= 15 is 0 Å². The number of nitrogen functional groups attached to an aromatic ring is 1. The molecular weight excluding hydrogens is 347 g/mol. The lowest BCUT2D eigenvalue weighted by atomic mass is 10.1. The van der Waals surface area contributed by atoms with Gasteiger partial charge >= 0.3 is 0 Å². The number of benzene rings is 1. The monoisotopic (exact) mass is 358 g/mol. The molecule has 22 heavy (non-hydrogen) atoms. The zero-order valence-corrected chi connectivity index (χ0v) is 13.7. The molecule has 116 valence electrons. The van der Waals surface area contributed by atoms with Gasteiger partial charge in [-0.25, -0.2) is 18.4 Å². The van der Waals surface area contributed by atoms with Crippen LogP contribution in [0, 0.1) is 0 Å². The molecule has 9 heteroatoms. The second kappa shape index (κ2) is 5.66. The van der Waals surface area contributed by atoms with Crippen molar-refractivity contribution in [1.29, 1.82) is 0 Å². The summed E-state index contributed by atoms with van der Waals surface area (Å²) in [7, 11) is -3.76. The maximum atomic E-state index is 12.8. The van der Waals surface area contributed by atoms with Gasteiger partial charge < -0.3 is 5.73 Å². The largest absolute Gasteiger partial charge is 0.383 e. The van der Waals surface area contributed by atoms with Crippen molar-refractivity contribution in [3.63, 3.8) is 0 Å². The molecule has 0 saturated carbocycles.